The lowest BCUT2D eigenvalue weighted by Crippen LogP contribution is -2.33. The molecular weight excluding hydrogens is 408 g/mol. The van der Waals surface area contributed by atoms with Gasteiger partial charge in [0.25, 0.3) is 0 Å². The van der Waals surface area contributed by atoms with Gasteiger partial charge in [-0.05, 0) is 63.9 Å². The quantitative estimate of drug-likeness (QED) is 0.420. The molecule has 2 N–H and O–H groups in total. The number of allylic oxidation sites excluding steroid dienone is 3. The van der Waals surface area contributed by atoms with Crippen molar-refractivity contribution in [2.75, 3.05) is 0 Å². The number of carboxylic acid groups (broad SMARTS) is 1. The highest BCUT2D eigenvalue weighted by atomic mass is 16.5. The highest BCUT2D eigenvalue weighted by Crippen LogP contribution is 2.26. The summed E-state index contributed by atoms with van der Waals surface area (Å²) in [6.07, 6.45) is 5.26. The molecule has 0 radical (unpaired) electrons. The second-order valence-electron chi connectivity index (χ2n) is 10.0. The molecule has 1 aliphatic rings. The van der Waals surface area contributed by atoms with E-state index in [1.807, 2.05) is 13.8 Å². The summed E-state index contributed by atoms with van der Waals surface area (Å²) in [6, 6.07) is 0. The minimum atomic E-state index is -0.864. The van der Waals surface area contributed by atoms with Crippen LogP contribution in [0, 0.1) is 29.6 Å². The van der Waals surface area contributed by atoms with Crippen LogP contribution in [0.5, 0.6) is 0 Å². The van der Waals surface area contributed by atoms with Gasteiger partial charge in [-0.15, -0.1) is 0 Å². The number of esters is 1. The van der Waals surface area contributed by atoms with Crippen LogP contribution in [-0.2, 0) is 19.1 Å². The number of carbonyl (C=O) groups is 3. The zero-order valence-corrected chi connectivity index (χ0v) is 20.8. The Balaban J connectivity index is 3.03. The van der Waals surface area contributed by atoms with E-state index in [4.69, 9.17) is 9.84 Å². The molecule has 0 aromatic heterocycles. The van der Waals surface area contributed by atoms with Crippen LogP contribution < -0.4 is 0 Å². The van der Waals surface area contributed by atoms with Gasteiger partial charge in [0, 0.05) is 12.3 Å². The van der Waals surface area contributed by atoms with Crippen LogP contribution in [0.15, 0.2) is 23.3 Å². The van der Waals surface area contributed by atoms with Gasteiger partial charge >= 0.3 is 11.9 Å². The van der Waals surface area contributed by atoms with Crippen molar-refractivity contribution in [3.05, 3.63) is 23.3 Å². The van der Waals surface area contributed by atoms with Crippen LogP contribution in [0.3, 0.4) is 0 Å². The number of rotatable bonds is 7. The molecule has 7 unspecified atom stereocenters. The van der Waals surface area contributed by atoms with Crippen LogP contribution in [0.4, 0.5) is 0 Å². The number of hydrogen-bond donors (Lipinski definition) is 2. The summed E-state index contributed by atoms with van der Waals surface area (Å²) in [5.74, 6) is -2.30. The number of aliphatic hydroxyl groups is 1. The minimum absolute atomic E-state index is 0.0542. The fourth-order valence-corrected chi connectivity index (χ4v) is 4.31. The number of aliphatic hydroxyl groups excluding tert-OH is 1. The lowest BCUT2D eigenvalue weighted by molar-refractivity contribution is -0.156. The molecule has 1 rings (SSSR count). The van der Waals surface area contributed by atoms with Crippen LogP contribution in [-0.4, -0.2) is 40.1 Å². The molecule has 0 fully saturated rings. The van der Waals surface area contributed by atoms with Gasteiger partial charge in [-0.25, -0.2) is 0 Å². The Hall–Kier alpha value is -1.95. The summed E-state index contributed by atoms with van der Waals surface area (Å²) in [7, 11) is 0. The molecule has 0 aromatic carbocycles. The fourth-order valence-electron chi connectivity index (χ4n) is 4.31. The topological polar surface area (TPSA) is 101 Å². The zero-order valence-electron chi connectivity index (χ0n) is 20.8. The molecule has 1 aliphatic heterocycles. The Kier molecular flexibility index (Phi) is 11.3. The molecule has 7 atom stereocenters. The van der Waals surface area contributed by atoms with Crippen LogP contribution >= 0.6 is 0 Å². The number of carbonyl (C=O) groups excluding carboxylic acids is 2. The lowest BCUT2D eigenvalue weighted by atomic mass is 9.87. The molecule has 0 saturated carbocycles. The first-order chi connectivity index (χ1) is 14.8. The Labute approximate surface area is 193 Å². The molecule has 0 amide bonds. The Morgan fingerprint density at radius 3 is 2.44 bits per heavy atom. The number of carboxylic acids is 1. The third kappa shape index (κ3) is 9.27. The van der Waals surface area contributed by atoms with Gasteiger partial charge in [-0.3, -0.25) is 14.4 Å². The largest absolute Gasteiger partial charge is 0.481 e. The molecule has 0 spiro atoms. The number of aliphatic carboxylic acids is 1. The molecule has 182 valence electrons. The summed E-state index contributed by atoms with van der Waals surface area (Å²) in [6.45, 7) is 13.1. The third-order valence-corrected chi connectivity index (χ3v) is 6.47. The standard InChI is InChI=1S/C26H42O6/c1-15-8-9-22(27)21(7)26(31)32-24(19(5)12-16(2)10-15)14-23(28)18(4)11-17(3)13-20(6)25(29)30/h11-12,15-16,18,20-22,24,27H,8-10,13-14H2,1-7H3,(H,29,30)/b17-11+,19-12+. The molecule has 0 bridgehead atoms. The number of ether oxygens (including phenoxy) is 1. The molecule has 6 nitrogen and oxygen atoms in total. The van der Waals surface area contributed by atoms with Crippen molar-refractivity contribution >= 4 is 17.7 Å². The fraction of sp³-hybridized carbons (Fsp3) is 0.731. The van der Waals surface area contributed by atoms with Crippen molar-refractivity contribution in [1.82, 2.24) is 0 Å². The van der Waals surface area contributed by atoms with Crippen molar-refractivity contribution in [3.8, 4) is 0 Å². The SMILES string of the molecule is C/C(=C\C(C)C(=O)CC1OC(=O)C(C)C(O)CCC(C)CC(C)/C=C/1C)CC(C)C(=O)O. The highest BCUT2D eigenvalue weighted by Gasteiger charge is 2.30. The average molecular weight is 451 g/mol. The van der Waals surface area contributed by atoms with Gasteiger partial charge < -0.3 is 14.9 Å². The summed E-state index contributed by atoms with van der Waals surface area (Å²) >= 11 is 0. The molecule has 0 aromatic rings. The number of cyclic esters (lactones) is 1. The summed E-state index contributed by atoms with van der Waals surface area (Å²) in [4.78, 5) is 36.7. The predicted molar refractivity (Wildman–Crippen MR) is 125 cm³/mol. The first kappa shape index (κ1) is 28.1. The van der Waals surface area contributed by atoms with E-state index in [2.05, 4.69) is 19.9 Å². The maximum Gasteiger partial charge on any atom is 0.311 e. The van der Waals surface area contributed by atoms with Gasteiger partial charge in [0.2, 0.25) is 0 Å². The van der Waals surface area contributed by atoms with Crippen molar-refractivity contribution in [2.45, 2.75) is 92.8 Å². The summed E-state index contributed by atoms with van der Waals surface area (Å²) in [5.41, 5.74) is 1.70. The first-order valence-corrected chi connectivity index (χ1v) is 11.8. The van der Waals surface area contributed by atoms with Gasteiger partial charge in [0.05, 0.1) is 17.9 Å². The van der Waals surface area contributed by atoms with Gasteiger partial charge in [0.1, 0.15) is 11.9 Å². The molecule has 0 saturated heterocycles. The van der Waals surface area contributed by atoms with Crippen molar-refractivity contribution in [1.29, 1.82) is 0 Å². The summed E-state index contributed by atoms with van der Waals surface area (Å²) in [5, 5.41) is 19.5. The molecule has 1 heterocycles. The van der Waals surface area contributed by atoms with Gasteiger partial charge in [-0.1, -0.05) is 45.4 Å². The second-order valence-corrected chi connectivity index (χ2v) is 10.0. The maximum atomic E-state index is 12.9. The predicted octanol–water partition coefficient (Wildman–Crippen LogP) is 4.95. The molecule has 0 aliphatic carbocycles. The number of ketones is 1. The van der Waals surface area contributed by atoms with Crippen molar-refractivity contribution in [3.63, 3.8) is 0 Å². The third-order valence-electron chi connectivity index (χ3n) is 6.47. The van der Waals surface area contributed by atoms with Crippen LogP contribution in [0.1, 0.15) is 80.6 Å². The smallest absolute Gasteiger partial charge is 0.311 e. The van der Waals surface area contributed by atoms with E-state index in [0.29, 0.717) is 18.8 Å². The zero-order chi connectivity index (χ0) is 24.6. The monoisotopic (exact) mass is 450 g/mol. The van der Waals surface area contributed by atoms with Crippen molar-refractivity contribution in [2.24, 2.45) is 29.6 Å². The highest BCUT2D eigenvalue weighted by molar-refractivity contribution is 5.84. The summed E-state index contributed by atoms with van der Waals surface area (Å²) < 4.78 is 5.73. The van der Waals surface area contributed by atoms with E-state index in [1.165, 1.54) is 0 Å². The Bertz CT molecular complexity index is 722. The Morgan fingerprint density at radius 1 is 1.22 bits per heavy atom. The molecular formula is C26H42O6. The van der Waals surface area contributed by atoms with E-state index < -0.39 is 41.9 Å². The van der Waals surface area contributed by atoms with Crippen molar-refractivity contribution < 1.29 is 29.3 Å². The van der Waals surface area contributed by atoms with E-state index in [1.54, 1.807) is 26.8 Å². The van der Waals surface area contributed by atoms with E-state index >= 15 is 0 Å². The maximum absolute atomic E-state index is 12.9. The number of Topliss-reactive ketones (excluding diaryl/α,β-unsaturated/α-hetero) is 1. The van der Waals surface area contributed by atoms with Crippen LogP contribution in [0.2, 0.25) is 0 Å². The van der Waals surface area contributed by atoms with Gasteiger partial charge in [0.15, 0.2) is 0 Å². The normalized spacial score (nSPS) is 31.9. The average Bonchev–Trinajstić information content (AvgIpc) is 2.69. The van der Waals surface area contributed by atoms with Gasteiger partial charge in [-0.2, -0.15) is 0 Å². The first-order valence-electron chi connectivity index (χ1n) is 11.8. The van der Waals surface area contributed by atoms with Crippen LogP contribution in [0.25, 0.3) is 0 Å². The second kappa shape index (κ2) is 12.9. The Morgan fingerprint density at radius 2 is 1.84 bits per heavy atom. The van der Waals surface area contributed by atoms with E-state index in [0.717, 1.165) is 24.0 Å². The lowest BCUT2D eigenvalue weighted by Gasteiger charge is -2.26. The number of hydrogen-bond acceptors (Lipinski definition) is 5. The molecule has 6 heteroatoms. The van der Waals surface area contributed by atoms with E-state index in [9.17, 15) is 19.5 Å². The molecule has 32 heavy (non-hydrogen) atoms. The van der Waals surface area contributed by atoms with E-state index in [-0.39, 0.29) is 18.1 Å². The minimum Gasteiger partial charge on any atom is -0.481 e.